The second kappa shape index (κ2) is 5.60. The lowest BCUT2D eigenvalue weighted by molar-refractivity contribution is 0.235. The number of hydrogen-bond acceptors (Lipinski definition) is 3. The number of nitrogens with zero attached hydrogens (tertiary/aromatic N) is 2. The fourth-order valence-corrected chi connectivity index (χ4v) is 1.87. The van der Waals surface area contributed by atoms with Gasteiger partial charge in [0.05, 0.1) is 0 Å². The Labute approximate surface area is 111 Å². The van der Waals surface area contributed by atoms with Gasteiger partial charge in [0.15, 0.2) is 5.84 Å². The van der Waals surface area contributed by atoms with Crippen molar-refractivity contribution in [2.24, 2.45) is 10.9 Å². The highest BCUT2D eigenvalue weighted by atomic mass is 16.4. The molecule has 6 heteroatoms. The first-order chi connectivity index (χ1) is 9.11. The van der Waals surface area contributed by atoms with Crippen LogP contribution in [0.3, 0.4) is 0 Å². The molecule has 1 aromatic rings. The average molecular weight is 262 g/mol. The number of amidine groups is 1. The van der Waals surface area contributed by atoms with E-state index in [4.69, 9.17) is 10.9 Å². The Morgan fingerprint density at radius 2 is 2.26 bits per heavy atom. The van der Waals surface area contributed by atoms with Crippen LogP contribution in [0, 0.1) is 0 Å². The van der Waals surface area contributed by atoms with Gasteiger partial charge in [-0.3, -0.25) is 4.90 Å². The number of benzene rings is 1. The van der Waals surface area contributed by atoms with E-state index in [1.165, 1.54) is 11.3 Å². The standard InChI is InChI=1S/C13H18N4O2/c1-17(13(18)15-10-5-3-6-10)11-7-2-4-9(8-11)12(14)16-19/h2,4,7-8,10,19H,3,5-6H2,1H3,(H2,14,16)(H,15,18). The summed E-state index contributed by atoms with van der Waals surface area (Å²) in [5.41, 5.74) is 6.80. The van der Waals surface area contributed by atoms with Gasteiger partial charge in [-0.1, -0.05) is 17.3 Å². The summed E-state index contributed by atoms with van der Waals surface area (Å²) in [6, 6.07) is 7.14. The molecule has 0 saturated heterocycles. The van der Waals surface area contributed by atoms with Crippen LogP contribution in [0.4, 0.5) is 10.5 Å². The minimum atomic E-state index is -0.138. The normalized spacial score (nSPS) is 15.7. The zero-order chi connectivity index (χ0) is 13.8. The molecule has 1 aliphatic carbocycles. The molecule has 0 unspecified atom stereocenters. The molecule has 19 heavy (non-hydrogen) atoms. The Bertz CT molecular complexity index is 497. The molecule has 0 spiro atoms. The molecule has 0 radical (unpaired) electrons. The van der Waals surface area contributed by atoms with Crippen LogP contribution >= 0.6 is 0 Å². The fraction of sp³-hybridized carbons (Fsp3) is 0.385. The highest BCUT2D eigenvalue weighted by molar-refractivity contribution is 5.99. The number of rotatable bonds is 3. The van der Waals surface area contributed by atoms with E-state index in [0.29, 0.717) is 17.3 Å². The van der Waals surface area contributed by atoms with Gasteiger partial charge in [0.2, 0.25) is 0 Å². The predicted octanol–water partition coefficient (Wildman–Crippen LogP) is 1.48. The molecule has 102 valence electrons. The van der Waals surface area contributed by atoms with Gasteiger partial charge in [0, 0.05) is 24.3 Å². The highest BCUT2D eigenvalue weighted by Gasteiger charge is 2.21. The van der Waals surface area contributed by atoms with Crippen LogP contribution < -0.4 is 16.0 Å². The summed E-state index contributed by atoms with van der Waals surface area (Å²) in [6.45, 7) is 0. The summed E-state index contributed by atoms with van der Waals surface area (Å²) in [4.78, 5) is 13.5. The van der Waals surface area contributed by atoms with E-state index in [-0.39, 0.29) is 11.9 Å². The molecule has 0 heterocycles. The highest BCUT2D eigenvalue weighted by Crippen LogP contribution is 2.20. The molecule has 1 fully saturated rings. The molecule has 2 rings (SSSR count). The lowest BCUT2D eigenvalue weighted by Crippen LogP contribution is -2.46. The fourth-order valence-electron chi connectivity index (χ4n) is 1.87. The Hall–Kier alpha value is -2.24. The molecule has 0 aromatic heterocycles. The van der Waals surface area contributed by atoms with E-state index in [1.807, 2.05) is 0 Å². The topological polar surface area (TPSA) is 91.0 Å². The summed E-state index contributed by atoms with van der Waals surface area (Å²) < 4.78 is 0. The van der Waals surface area contributed by atoms with Gasteiger partial charge in [-0.25, -0.2) is 4.79 Å². The number of hydrogen-bond donors (Lipinski definition) is 3. The van der Waals surface area contributed by atoms with Gasteiger partial charge < -0.3 is 16.3 Å². The molecule has 0 aliphatic heterocycles. The van der Waals surface area contributed by atoms with Crippen molar-refractivity contribution in [1.29, 1.82) is 0 Å². The zero-order valence-corrected chi connectivity index (χ0v) is 10.8. The maximum atomic E-state index is 12.0. The Balaban J connectivity index is 2.09. The number of oxime groups is 1. The lowest BCUT2D eigenvalue weighted by atomic mass is 9.93. The monoisotopic (exact) mass is 262 g/mol. The molecule has 1 saturated carbocycles. The van der Waals surface area contributed by atoms with Crippen molar-refractivity contribution in [2.45, 2.75) is 25.3 Å². The number of nitrogens with two attached hydrogens (primary N) is 1. The molecule has 6 nitrogen and oxygen atoms in total. The number of urea groups is 1. The zero-order valence-electron chi connectivity index (χ0n) is 10.8. The quantitative estimate of drug-likeness (QED) is 0.333. The third-order valence-electron chi connectivity index (χ3n) is 3.37. The maximum Gasteiger partial charge on any atom is 0.321 e. The second-order valence-corrected chi connectivity index (χ2v) is 4.67. The minimum absolute atomic E-state index is 0.0228. The van der Waals surface area contributed by atoms with Crippen molar-refractivity contribution in [1.82, 2.24) is 5.32 Å². The molecule has 4 N–H and O–H groups in total. The van der Waals surface area contributed by atoms with Crippen LogP contribution in [0.2, 0.25) is 0 Å². The molecular weight excluding hydrogens is 244 g/mol. The molecule has 1 aromatic carbocycles. The van der Waals surface area contributed by atoms with Gasteiger partial charge in [-0.2, -0.15) is 0 Å². The van der Waals surface area contributed by atoms with Gasteiger partial charge in [-0.15, -0.1) is 0 Å². The van der Waals surface area contributed by atoms with Crippen LogP contribution in [-0.4, -0.2) is 30.2 Å². The predicted molar refractivity (Wildman–Crippen MR) is 73.5 cm³/mol. The van der Waals surface area contributed by atoms with E-state index in [9.17, 15) is 4.79 Å². The van der Waals surface area contributed by atoms with E-state index < -0.39 is 0 Å². The third-order valence-corrected chi connectivity index (χ3v) is 3.37. The number of amides is 2. The number of carbonyl (C=O) groups is 1. The summed E-state index contributed by atoms with van der Waals surface area (Å²) >= 11 is 0. The van der Waals surface area contributed by atoms with Gasteiger partial charge >= 0.3 is 6.03 Å². The van der Waals surface area contributed by atoms with E-state index in [1.54, 1.807) is 31.3 Å². The van der Waals surface area contributed by atoms with Gasteiger partial charge in [0.25, 0.3) is 0 Å². The Morgan fingerprint density at radius 3 is 2.84 bits per heavy atom. The van der Waals surface area contributed by atoms with Crippen molar-refractivity contribution in [2.75, 3.05) is 11.9 Å². The molecule has 0 bridgehead atoms. The molecule has 1 aliphatic rings. The number of carbonyl (C=O) groups excluding carboxylic acids is 1. The average Bonchev–Trinajstić information content (AvgIpc) is 2.41. The largest absolute Gasteiger partial charge is 0.409 e. The summed E-state index contributed by atoms with van der Waals surface area (Å²) in [5.74, 6) is 0.0228. The Morgan fingerprint density at radius 1 is 1.53 bits per heavy atom. The smallest absolute Gasteiger partial charge is 0.321 e. The number of nitrogens with one attached hydrogen (secondary N) is 1. The van der Waals surface area contributed by atoms with Gasteiger partial charge in [-0.05, 0) is 31.4 Å². The lowest BCUT2D eigenvalue weighted by Gasteiger charge is -2.29. The molecule has 0 atom stereocenters. The van der Waals surface area contributed by atoms with Crippen LogP contribution in [0.5, 0.6) is 0 Å². The van der Waals surface area contributed by atoms with Crippen LogP contribution in [-0.2, 0) is 0 Å². The summed E-state index contributed by atoms with van der Waals surface area (Å²) in [6.07, 6.45) is 3.26. The first-order valence-electron chi connectivity index (χ1n) is 6.24. The van der Waals surface area contributed by atoms with Crippen molar-refractivity contribution >= 4 is 17.6 Å². The second-order valence-electron chi connectivity index (χ2n) is 4.67. The minimum Gasteiger partial charge on any atom is -0.409 e. The first kappa shape index (κ1) is 13.2. The van der Waals surface area contributed by atoms with Crippen molar-refractivity contribution in [3.63, 3.8) is 0 Å². The van der Waals surface area contributed by atoms with Crippen molar-refractivity contribution < 1.29 is 10.0 Å². The maximum absolute atomic E-state index is 12.0. The van der Waals surface area contributed by atoms with E-state index in [2.05, 4.69) is 10.5 Å². The molecular formula is C13H18N4O2. The van der Waals surface area contributed by atoms with E-state index in [0.717, 1.165) is 12.8 Å². The van der Waals surface area contributed by atoms with Crippen molar-refractivity contribution in [3.8, 4) is 0 Å². The molecule has 2 amide bonds. The van der Waals surface area contributed by atoms with Crippen LogP contribution in [0.15, 0.2) is 29.4 Å². The van der Waals surface area contributed by atoms with Crippen molar-refractivity contribution in [3.05, 3.63) is 29.8 Å². The van der Waals surface area contributed by atoms with Crippen LogP contribution in [0.25, 0.3) is 0 Å². The first-order valence-corrected chi connectivity index (χ1v) is 6.24. The Kier molecular flexibility index (Phi) is 3.89. The van der Waals surface area contributed by atoms with Gasteiger partial charge in [0.1, 0.15) is 0 Å². The van der Waals surface area contributed by atoms with Crippen LogP contribution in [0.1, 0.15) is 24.8 Å². The summed E-state index contributed by atoms with van der Waals surface area (Å²) in [7, 11) is 1.69. The van der Waals surface area contributed by atoms with E-state index >= 15 is 0 Å². The summed E-state index contributed by atoms with van der Waals surface area (Å²) in [5, 5.41) is 14.6. The third kappa shape index (κ3) is 2.96. The number of anilines is 1. The SMILES string of the molecule is CN(C(=O)NC1CCC1)c1cccc(/C(N)=N/O)c1.